The number of hydrogen-bond acceptors (Lipinski definition) is 7. The molecule has 1 aliphatic heterocycles. The zero-order valence-electron chi connectivity index (χ0n) is 24.3. The van der Waals surface area contributed by atoms with Crippen molar-refractivity contribution in [1.82, 2.24) is 29.7 Å². The fourth-order valence-electron chi connectivity index (χ4n) is 5.13. The Morgan fingerprint density at radius 3 is 2.37 bits per heavy atom. The number of piperazine rings is 1. The first-order valence-corrected chi connectivity index (χ1v) is 14.3. The predicted octanol–water partition coefficient (Wildman–Crippen LogP) is 4.97. The number of nitrogens with one attached hydrogen (secondary N) is 2. The van der Waals surface area contributed by atoms with Crippen LogP contribution in [-0.2, 0) is 13.1 Å². The number of amides is 1. The molecule has 3 heterocycles. The summed E-state index contributed by atoms with van der Waals surface area (Å²) in [5.41, 5.74) is 5.96. The highest BCUT2D eigenvalue weighted by Gasteiger charge is 2.16. The molecule has 0 saturated carbocycles. The minimum Gasteiger partial charge on any atom is -0.495 e. The Labute approximate surface area is 249 Å². The van der Waals surface area contributed by atoms with Crippen LogP contribution in [0.3, 0.4) is 0 Å². The summed E-state index contributed by atoms with van der Waals surface area (Å²) in [4.78, 5) is 22.0. The Hall–Kier alpha value is -4.80. The van der Waals surface area contributed by atoms with E-state index < -0.39 is 0 Å². The number of benzene rings is 3. The van der Waals surface area contributed by atoms with Crippen LogP contribution >= 0.6 is 0 Å². The van der Waals surface area contributed by atoms with Crippen molar-refractivity contribution in [3.8, 4) is 16.9 Å². The number of pyridine rings is 1. The van der Waals surface area contributed by atoms with E-state index in [0.29, 0.717) is 23.7 Å². The van der Waals surface area contributed by atoms with Crippen molar-refractivity contribution < 1.29 is 13.9 Å². The van der Waals surface area contributed by atoms with Crippen molar-refractivity contribution in [2.75, 3.05) is 45.7 Å². The third-order valence-corrected chi connectivity index (χ3v) is 7.69. The average molecular weight is 580 g/mol. The number of hydrogen-bond donors (Lipinski definition) is 2. The van der Waals surface area contributed by atoms with E-state index in [9.17, 15) is 9.18 Å². The number of methoxy groups -OCH3 is 1. The van der Waals surface area contributed by atoms with Gasteiger partial charge in [-0.3, -0.25) is 9.69 Å². The molecule has 43 heavy (non-hydrogen) atoms. The Bertz CT molecular complexity index is 1710. The van der Waals surface area contributed by atoms with Crippen LogP contribution in [0.4, 0.5) is 16.0 Å². The standard InChI is InChI=1S/C33H34FN7O2/c1-39-15-17-40(18-16-39)21-24-5-13-29(30(19-24)43-2)36-33-37-31-14-10-27(22-41(31)38-33)25-6-8-26(9-7-25)32(42)35-20-23-3-11-28(34)12-4-23/h3-14,19,22H,15-18,20-21H2,1-2H3,(H,35,42)(H,36,38). The minimum atomic E-state index is -0.302. The van der Waals surface area contributed by atoms with Gasteiger partial charge in [0.15, 0.2) is 5.65 Å². The van der Waals surface area contributed by atoms with Crippen molar-refractivity contribution in [2.24, 2.45) is 0 Å². The molecule has 0 unspecified atom stereocenters. The molecule has 2 aromatic heterocycles. The molecule has 1 fully saturated rings. The predicted molar refractivity (Wildman–Crippen MR) is 165 cm³/mol. The highest BCUT2D eigenvalue weighted by atomic mass is 19.1. The Kier molecular flexibility index (Phi) is 8.30. The largest absolute Gasteiger partial charge is 0.495 e. The summed E-state index contributed by atoms with van der Waals surface area (Å²) in [6, 6.07) is 23.5. The molecule has 220 valence electrons. The van der Waals surface area contributed by atoms with Gasteiger partial charge in [0.05, 0.1) is 12.8 Å². The van der Waals surface area contributed by atoms with Gasteiger partial charge in [-0.25, -0.2) is 8.91 Å². The maximum Gasteiger partial charge on any atom is 0.251 e. The molecule has 0 aliphatic carbocycles. The fourth-order valence-corrected chi connectivity index (χ4v) is 5.13. The van der Waals surface area contributed by atoms with Crippen LogP contribution in [0.15, 0.2) is 85.1 Å². The minimum absolute atomic E-state index is 0.193. The molecule has 3 aromatic carbocycles. The molecule has 5 aromatic rings. The SMILES string of the molecule is COc1cc(CN2CCN(C)CC2)ccc1Nc1nc2ccc(-c3ccc(C(=O)NCc4ccc(F)cc4)cc3)cn2n1. The second kappa shape index (κ2) is 12.6. The summed E-state index contributed by atoms with van der Waals surface area (Å²) in [7, 11) is 3.83. The lowest BCUT2D eigenvalue weighted by atomic mass is 10.1. The molecular formula is C33H34FN7O2. The molecular weight excluding hydrogens is 545 g/mol. The van der Waals surface area contributed by atoms with Crippen molar-refractivity contribution in [3.63, 3.8) is 0 Å². The summed E-state index contributed by atoms with van der Waals surface area (Å²) in [6.45, 7) is 5.50. The number of carbonyl (C=O) groups is 1. The quantitative estimate of drug-likeness (QED) is 0.255. The lowest BCUT2D eigenvalue weighted by Crippen LogP contribution is -2.43. The number of ether oxygens (including phenoxy) is 1. The van der Waals surface area contributed by atoms with Gasteiger partial charge in [-0.2, -0.15) is 4.98 Å². The number of aromatic nitrogens is 3. The lowest BCUT2D eigenvalue weighted by molar-refractivity contribution is 0.0951. The lowest BCUT2D eigenvalue weighted by Gasteiger charge is -2.32. The van der Waals surface area contributed by atoms with Gasteiger partial charge in [-0.15, -0.1) is 5.10 Å². The van der Waals surface area contributed by atoms with Gasteiger partial charge < -0.3 is 20.3 Å². The van der Waals surface area contributed by atoms with E-state index in [2.05, 4.69) is 49.7 Å². The molecule has 10 heteroatoms. The molecule has 6 rings (SSSR count). The van der Waals surface area contributed by atoms with Gasteiger partial charge in [0.1, 0.15) is 11.6 Å². The van der Waals surface area contributed by atoms with Crippen LogP contribution in [0.1, 0.15) is 21.5 Å². The normalized spacial score (nSPS) is 14.1. The maximum atomic E-state index is 13.1. The zero-order chi connectivity index (χ0) is 29.8. The molecule has 2 N–H and O–H groups in total. The molecule has 0 bridgehead atoms. The topological polar surface area (TPSA) is 87.0 Å². The van der Waals surface area contributed by atoms with E-state index in [0.717, 1.165) is 60.9 Å². The van der Waals surface area contributed by atoms with Crippen molar-refractivity contribution in [3.05, 3.63) is 108 Å². The van der Waals surface area contributed by atoms with Crippen molar-refractivity contribution in [2.45, 2.75) is 13.1 Å². The monoisotopic (exact) mass is 579 g/mol. The third-order valence-electron chi connectivity index (χ3n) is 7.69. The van der Waals surface area contributed by atoms with Crippen molar-refractivity contribution in [1.29, 1.82) is 0 Å². The van der Waals surface area contributed by atoms with Gasteiger partial charge in [0.25, 0.3) is 5.91 Å². The smallest absolute Gasteiger partial charge is 0.251 e. The zero-order valence-corrected chi connectivity index (χ0v) is 24.3. The first-order chi connectivity index (χ1) is 20.9. The van der Waals surface area contributed by atoms with E-state index in [-0.39, 0.29) is 11.7 Å². The Morgan fingerprint density at radius 1 is 0.907 bits per heavy atom. The Balaban J connectivity index is 1.11. The van der Waals surface area contributed by atoms with Gasteiger partial charge in [0.2, 0.25) is 5.95 Å². The van der Waals surface area contributed by atoms with Crippen LogP contribution in [0.2, 0.25) is 0 Å². The van der Waals surface area contributed by atoms with E-state index in [1.54, 1.807) is 35.9 Å². The summed E-state index contributed by atoms with van der Waals surface area (Å²) >= 11 is 0. The van der Waals surface area contributed by atoms with Crippen LogP contribution in [0.25, 0.3) is 16.8 Å². The number of rotatable bonds is 9. The summed E-state index contributed by atoms with van der Waals surface area (Å²) in [6.07, 6.45) is 1.91. The molecule has 1 amide bonds. The molecule has 1 saturated heterocycles. The number of carbonyl (C=O) groups excluding carboxylic acids is 1. The van der Waals surface area contributed by atoms with E-state index in [1.807, 2.05) is 36.5 Å². The highest BCUT2D eigenvalue weighted by Crippen LogP contribution is 2.29. The number of likely N-dealkylation sites (N-methyl/N-ethyl adjacent to an activating group) is 1. The van der Waals surface area contributed by atoms with E-state index in [4.69, 9.17) is 4.74 Å². The van der Waals surface area contributed by atoms with E-state index >= 15 is 0 Å². The van der Waals surface area contributed by atoms with Gasteiger partial charge in [-0.05, 0) is 72.3 Å². The first-order valence-electron chi connectivity index (χ1n) is 14.3. The number of nitrogens with zero attached hydrogens (tertiary/aromatic N) is 5. The summed E-state index contributed by atoms with van der Waals surface area (Å²) in [5, 5.41) is 10.8. The summed E-state index contributed by atoms with van der Waals surface area (Å²) < 4.78 is 20.5. The van der Waals surface area contributed by atoms with Gasteiger partial charge in [0, 0.05) is 56.6 Å². The number of anilines is 2. The van der Waals surface area contributed by atoms with Gasteiger partial charge in [-0.1, -0.05) is 30.3 Å². The second-order valence-corrected chi connectivity index (χ2v) is 10.8. The average Bonchev–Trinajstić information content (AvgIpc) is 3.44. The maximum absolute atomic E-state index is 13.1. The molecule has 9 nitrogen and oxygen atoms in total. The second-order valence-electron chi connectivity index (χ2n) is 10.8. The highest BCUT2D eigenvalue weighted by molar-refractivity contribution is 5.94. The first kappa shape index (κ1) is 28.3. The number of fused-ring (bicyclic) bond motifs is 1. The molecule has 0 atom stereocenters. The van der Waals surface area contributed by atoms with Crippen LogP contribution in [0.5, 0.6) is 5.75 Å². The molecule has 1 aliphatic rings. The molecule has 0 spiro atoms. The summed E-state index contributed by atoms with van der Waals surface area (Å²) in [5.74, 6) is 0.717. The van der Waals surface area contributed by atoms with Gasteiger partial charge >= 0.3 is 0 Å². The molecule has 0 radical (unpaired) electrons. The third kappa shape index (κ3) is 6.82. The number of halogens is 1. The Morgan fingerprint density at radius 2 is 1.63 bits per heavy atom. The van der Waals surface area contributed by atoms with Crippen LogP contribution in [0, 0.1) is 5.82 Å². The van der Waals surface area contributed by atoms with Crippen LogP contribution < -0.4 is 15.4 Å². The van der Waals surface area contributed by atoms with Crippen molar-refractivity contribution >= 4 is 23.2 Å². The van der Waals surface area contributed by atoms with Crippen LogP contribution in [-0.4, -0.2) is 70.6 Å². The van der Waals surface area contributed by atoms with E-state index in [1.165, 1.54) is 17.7 Å². The fraction of sp³-hybridized carbons (Fsp3) is 0.242.